The fraction of sp³-hybridized carbons (Fsp3) is 0.250. The first-order chi connectivity index (χ1) is 17.5. The monoisotopic (exact) mass is 484 g/mol. The molecule has 2 aromatic carbocycles. The first kappa shape index (κ1) is 23.7. The summed E-state index contributed by atoms with van der Waals surface area (Å²) in [5, 5.41) is 20.6. The molecule has 1 aliphatic rings. The van der Waals surface area contributed by atoms with E-state index in [4.69, 9.17) is 0 Å². The van der Waals surface area contributed by atoms with Crippen LogP contribution in [-0.2, 0) is 17.9 Å². The molecule has 0 amide bonds. The number of hydrogen-bond acceptors (Lipinski definition) is 5. The van der Waals surface area contributed by atoms with Crippen LogP contribution in [0, 0.1) is 0 Å². The average molecular weight is 485 g/mol. The van der Waals surface area contributed by atoms with Crippen LogP contribution in [-0.4, -0.2) is 67.7 Å². The Kier molecular flexibility index (Phi) is 6.79. The Labute approximate surface area is 209 Å². The van der Waals surface area contributed by atoms with Gasteiger partial charge in [-0.3, -0.25) is 19.6 Å². The van der Waals surface area contributed by atoms with Crippen LogP contribution < -0.4 is 0 Å². The van der Waals surface area contributed by atoms with Crippen molar-refractivity contribution >= 4 is 22.8 Å². The van der Waals surface area contributed by atoms with E-state index in [0.29, 0.717) is 25.2 Å². The number of nitrogens with zero attached hydrogens (tertiary/aromatic N) is 4. The number of aliphatic carboxylic acids is 1. The van der Waals surface area contributed by atoms with Gasteiger partial charge in [-0.15, -0.1) is 0 Å². The van der Waals surface area contributed by atoms with Gasteiger partial charge in [0.1, 0.15) is 6.04 Å². The lowest BCUT2D eigenvalue weighted by Crippen LogP contribution is -2.48. The highest BCUT2D eigenvalue weighted by Crippen LogP contribution is 2.32. The van der Waals surface area contributed by atoms with Crippen LogP contribution in [0.15, 0.2) is 79.3 Å². The Morgan fingerprint density at radius 3 is 2.31 bits per heavy atom. The maximum Gasteiger partial charge on any atom is 0.335 e. The summed E-state index contributed by atoms with van der Waals surface area (Å²) in [5.41, 5.74) is 3.77. The third-order valence-corrected chi connectivity index (χ3v) is 6.79. The molecule has 3 heterocycles. The van der Waals surface area contributed by atoms with Crippen LogP contribution in [0.25, 0.3) is 10.9 Å². The third kappa shape index (κ3) is 5.00. The summed E-state index contributed by atoms with van der Waals surface area (Å²) in [6, 6.07) is 17.9. The number of piperazine rings is 1. The largest absolute Gasteiger partial charge is 0.480 e. The SMILES string of the molecule is O=C(O)c1ccc2c([C@H](C(=O)O)N3CCN(Cc4cccnc4)CC3)cn(Cc3ccccc3)c2c1. The first-order valence-electron chi connectivity index (χ1n) is 12.0. The number of carboxylic acid groups (broad SMARTS) is 2. The molecule has 5 rings (SSSR count). The van der Waals surface area contributed by atoms with Crippen LogP contribution in [0.2, 0.25) is 0 Å². The molecular weight excluding hydrogens is 456 g/mol. The maximum absolute atomic E-state index is 12.6. The molecule has 4 aromatic rings. The highest BCUT2D eigenvalue weighted by Gasteiger charge is 2.33. The topological polar surface area (TPSA) is 98.9 Å². The second kappa shape index (κ2) is 10.3. The van der Waals surface area contributed by atoms with Crippen molar-refractivity contribution in [1.82, 2.24) is 19.4 Å². The molecule has 2 N–H and O–H groups in total. The Morgan fingerprint density at radius 1 is 0.889 bits per heavy atom. The number of aromatic carboxylic acids is 1. The van der Waals surface area contributed by atoms with Gasteiger partial charge in [-0.2, -0.15) is 0 Å². The molecule has 0 radical (unpaired) electrons. The Morgan fingerprint density at radius 2 is 1.64 bits per heavy atom. The van der Waals surface area contributed by atoms with E-state index >= 15 is 0 Å². The van der Waals surface area contributed by atoms with Crippen LogP contribution in [0.4, 0.5) is 0 Å². The fourth-order valence-corrected chi connectivity index (χ4v) is 5.00. The van der Waals surface area contributed by atoms with Gasteiger partial charge < -0.3 is 14.8 Å². The van der Waals surface area contributed by atoms with Crippen molar-refractivity contribution in [3.8, 4) is 0 Å². The summed E-state index contributed by atoms with van der Waals surface area (Å²) in [7, 11) is 0. The molecule has 1 saturated heterocycles. The van der Waals surface area contributed by atoms with Gasteiger partial charge in [-0.1, -0.05) is 42.5 Å². The molecule has 1 aliphatic heterocycles. The zero-order chi connectivity index (χ0) is 25.1. The quantitative estimate of drug-likeness (QED) is 0.393. The molecule has 0 spiro atoms. The summed E-state index contributed by atoms with van der Waals surface area (Å²) in [6.45, 7) is 4.06. The second-order valence-corrected chi connectivity index (χ2v) is 9.15. The van der Waals surface area contributed by atoms with Crippen molar-refractivity contribution in [3.05, 3.63) is 102 Å². The molecule has 0 bridgehead atoms. The normalized spacial score (nSPS) is 15.7. The van der Waals surface area contributed by atoms with Gasteiger partial charge in [-0.25, -0.2) is 4.79 Å². The lowest BCUT2D eigenvalue weighted by Gasteiger charge is -2.37. The molecule has 0 saturated carbocycles. The smallest absolute Gasteiger partial charge is 0.335 e. The highest BCUT2D eigenvalue weighted by molar-refractivity contribution is 5.96. The predicted octanol–water partition coefficient (Wildman–Crippen LogP) is 3.73. The number of rotatable bonds is 8. The zero-order valence-electron chi connectivity index (χ0n) is 19.8. The molecule has 1 atom stereocenters. The summed E-state index contributed by atoms with van der Waals surface area (Å²) in [6.07, 6.45) is 5.50. The summed E-state index contributed by atoms with van der Waals surface area (Å²) in [5.74, 6) is -1.91. The molecule has 8 nitrogen and oxygen atoms in total. The number of aromatic nitrogens is 2. The van der Waals surface area contributed by atoms with E-state index in [1.165, 1.54) is 0 Å². The van der Waals surface area contributed by atoms with Gasteiger partial charge >= 0.3 is 11.9 Å². The van der Waals surface area contributed by atoms with E-state index in [-0.39, 0.29) is 5.56 Å². The summed E-state index contributed by atoms with van der Waals surface area (Å²) in [4.78, 5) is 32.7. The molecule has 1 fully saturated rings. The van der Waals surface area contributed by atoms with Crippen molar-refractivity contribution < 1.29 is 19.8 Å². The van der Waals surface area contributed by atoms with Crippen molar-refractivity contribution in [2.24, 2.45) is 0 Å². The maximum atomic E-state index is 12.6. The predicted molar refractivity (Wildman–Crippen MR) is 136 cm³/mol. The second-order valence-electron chi connectivity index (χ2n) is 9.15. The van der Waals surface area contributed by atoms with Crippen molar-refractivity contribution in [2.75, 3.05) is 26.2 Å². The van der Waals surface area contributed by atoms with Crippen LogP contribution in [0.3, 0.4) is 0 Å². The van der Waals surface area contributed by atoms with E-state index in [1.807, 2.05) is 64.3 Å². The zero-order valence-corrected chi connectivity index (χ0v) is 19.8. The van der Waals surface area contributed by atoms with Crippen molar-refractivity contribution in [3.63, 3.8) is 0 Å². The highest BCUT2D eigenvalue weighted by atomic mass is 16.4. The average Bonchev–Trinajstić information content (AvgIpc) is 3.23. The van der Waals surface area contributed by atoms with Gasteiger partial charge in [-0.05, 0) is 29.3 Å². The van der Waals surface area contributed by atoms with Crippen LogP contribution >= 0.6 is 0 Å². The fourth-order valence-electron chi connectivity index (χ4n) is 5.00. The number of carboxylic acids is 2. The summed E-state index contributed by atoms with van der Waals surface area (Å²) >= 11 is 0. The third-order valence-electron chi connectivity index (χ3n) is 6.79. The molecule has 2 aromatic heterocycles. The number of hydrogen-bond donors (Lipinski definition) is 2. The van der Waals surface area contributed by atoms with E-state index < -0.39 is 18.0 Å². The lowest BCUT2D eigenvalue weighted by molar-refractivity contribution is -0.144. The van der Waals surface area contributed by atoms with Gasteiger partial charge in [0.25, 0.3) is 0 Å². The number of carbonyl (C=O) groups is 2. The van der Waals surface area contributed by atoms with E-state index in [0.717, 1.165) is 41.7 Å². The minimum atomic E-state index is -1.01. The van der Waals surface area contributed by atoms with Gasteiger partial charge in [0.2, 0.25) is 0 Å². The van der Waals surface area contributed by atoms with Crippen LogP contribution in [0.5, 0.6) is 0 Å². The Balaban J connectivity index is 1.44. The van der Waals surface area contributed by atoms with Crippen molar-refractivity contribution in [1.29, 1.82) is 0 Å². The van der Waals surface area contributed by atoms with E-state index in [1.54, 1.807) is 24.4 Å². The first-order valence-corrected chi connectivity index (χ1v) is 12.0. The molecule has 0 aliphatic carbocycles. The molecule has 184 valence electrons. The van der Waals surface area contributed by atoms with Gasteiger partial charge in [0.05, 0.1) is 5.56 Å². The minimum absolute atomic E-state index is 0.178. The minimum Gasteiger partial charge on any atom is -0.480 e. The molecular formula is C28H28N4O4. The Bertz CT molecular complexity index is 1360. The molecule has 8 heteroatoms. The standard InChI is InChI=1S/C28H28N4O4/c33-27(34)22-8-9-23-24(19-32(25(23)15-22)18-20-5-2-1-3-6-20)26(28(35)36)31-13-11-30(12-14-31)17-21-7-4-10-29-16-21/h1-10,15-16,19,26H,11-14,17-18H2,(H,33,34)(H,35,36)/t26-/m1/s1. The van der Waals surface area contributed by atoms with E-state index in [2.05, 4.69) is 9.88 Å². The van der Waals surface area contributed by atoms with E-state index in [9.17, 15) is 19.8 Å². The Hall–Kier alpha value is -4.01. The van der Waals surface area contributed by atoms with Gasteiger partial charge in [0, 0.05) is 74.3 Å². The number of benzene rings is 2. The molecule has 36 heavy (non-hydrogen) atoms. The van der Waals surface area contributed by atoms with Gasteiger partial charge in [0.15, 0.2) is 0 Å². The van der Waals surface area contributed by atoms with Crippen molar-refractivity contribution in [2.45, 2.75) is 19.1 Å². The van der Waals surface area contributed by atoms with Crippen LogP contribution in [0.1, 0.15) is 33.1 Å². The lowest BCUT2D eigenvalue weighted by atomic mass is 10.0. The number of pyridine rings is 1. The number of fused-ring (bicyclic) bond motifs is 1. The molecule has 0 unspecified atom stereocenters. The summed E-state index contributed by atoms with van der Waals surface area (Å²) < 4.78 is 1.96.